The van der Waals surface area contributed by atoms with E-state index in [-0.39, 0.29) is 0 Å². The Morgan fingerprint density at radius 1 is 0.321 bits per heavy atom. The molecule has 5 heteroatoms. The van der Waals surface area contributed by atoms with Gasteiger partial charge >= 0.3 is 0 Å². The number of hydrogen-bond donors (Lipinski definition) is 0. The monoisotopic (exact) mass is 716 g/mol. The Morgan fingerprint density at radius 3 is 1.54 bits per heavy atom. The van der Waals surface area contributed by atoms with Crippen LogP contribution >= 0.6 is 0 Å². The first kappa shape index (κ1) is 31.9. The zero-order chi connectivity index (χ0) is 37.0. The van der Waals surface area contributed by atoms with E-state index < -0.39 is 0 Å². The highest BCUT2D eigenvalue weighted by atomic mass is 16.3. The van der Waals surface area contributed by atoms with Gasteiger partial charge in [-0.3, -0.25) is 0 Å². The summed E-state index contributed by atoms with van der Waals surface area (Å²) in [5.74, 6) is 1.88. The van der Waals surface area contributed by atoms with Gasteiger partial charge in [0.2, 0.25) is 0 Å². The van der Waals surface area contributed by atoms with Crippen LogP contribution in [0.4, 0.5) is 0 Å². The molecule has 0 radical (unpaired) electrons. The lowest BCUT2D eigenvalue weighted by atomic mass is 9.93. The number of nitrogens with zero attached hydrogens (tertiary/aromatic N) is 4. The molecule has 0 fully saturated rings. The molecule has 11 rings (SSSR count). The van der Waals surface area contributed by atoms with Gasteiger partial charge in [0.25, 0.3) is 0 Å². The molecular weight excluding hydrogens is 685 g/mol. The van der Waals surface area contributed by atoms with E-state index in [1.165, 1.54) is 32.9 Å². The number of fused-ring (bicyclic) bond motifs is 6. The summed E-state index contributed by atoms with van der Waals surface area (Å²) in [5, 5.41) is 4.52. The van der Waals surface area contributed by atoms with Crippen molar-refractivity contribution in [1.82, 2.24) is 19.5 Å². The van der Waals surface area contributed by atoms with Crippen LogP contribution < -0.4 is 0 Å². The van der Waals surface area contributed by atoms with Crippen molar-refractivity contribution in [1.29, 1.82) is 0 Å². The zero-order valence-corrected chi connectivity index (χ0v) is 30.2. The second kappa shape index (κ2) is 13.0. The second-order valence-electron chi connectivity index (χ2n) is 14.0. The Kier molecular flexibility index (Phi) is 7.42. The maximum atomic E-state index is 6.53. The smallest absolute Gasteiger partial charge is 0.164 e. The second-order valence-corrected chi connectivity index (χ2v) is 14.0. The van der Waals surface area contributed by atoms with Crippen molar-refractivity contribution in [3.63, 3.8) is 0 Å². The fourth-order valence-corrected chi connectivity index (χ4v) is 8.00. The standard InChI is InChI=1S/C51H32N4O/c1-4-14-33(15-5-1)49-52-50(34-16-6-2-7-17-34)54-51(53-49)37-26-29-47-44(31-37)42-27-24-36(32-48(42)56-47)40-21-11-10-20-39(40)35-25-28-46-43(30-35)41-22-12-13-23-45(41)55(46)38-18-8-3-9-19-38/h1-32H. The van der Waals surface area contributed by atoms with Crippen LogP contribution in [0.25, 0.3) is 106 Å². The van der Waals surface area contributed by atoms with Crippen molar-refractivity contribution in [2.24, 2.45) is 0 Å². The van der Waals surface area contributed by atoms with Crippen molar-refractivity contribution in [3.05, 3.63) is 194 Å². The molecule has 0 aliphatic heterocycles. The van der Waals surface area contributed by atoms with Gasteiger partial charge in [0.05, 0.1) is 11.0 Å². The summed E-state index contributed by atoms with van der Waals surface area (Å²) >= 11 is 0. The van der Waals surface area contributed by atoms with E-state index in [2.05, 4.69) is 126 Å². The molecule has 3 aromatic heterocycles. The minimum Gasteiger partial charge on any atom is -0.456 e. The fraction of sp³-hybridized carbons (Fsp3) is 0. The van der Waals surface area contributed by atoms with E-state index in [9.17, 15) is 0 Å². The van der Waals surface area contributed by atoms with Crippen LogP contribution in [0.3, 0.4) is 0 Å². The number of furan rings is 1. The van der Waals surface area contributed by atoms with Gasteiger partial charge in [-0.2, -0.15) is 0 Å². The van der Waals surface area contributed by atoms with Crippen molar-refractivity contribution >= 4 is 43.7 Å². The third kappa shape index (κ3) is 5.37. The largest absolute Gasteiger partial charge is 0.456 e. The number of benzene rings is 8. The highest BCUT2D eigenvalue weighted by molar-refractivity contribution is 6.11. The number of hydrogen-bond acceptors (Lipinski definition) is 4. The number of rotatable bonds is 6. The summed E-state index contributed by atoms with van der Waals surface area (Å²) in [6, 6.07) is 67.6. The molecule has 8 aromatic carbocycles. The summed E-state index contributed by atoms with van der Waals surface area (Å²) in [6.45, 7) is 0. The molecule has 0 atom stereocenters. The van der Waals surface area contributed by atoms with Crippen LogP contribution in [0.15, 0.2) is 199 Å². The van der Waals surface area contributed by atoms with E-state index in [4.69, 9.17) is 19.4 Å². The molecule has 0 N–H and O–H groups in total. The lowest BCUT2D eigenvalue weighted by Gasteiger charge is -2.11. The zero-order valence-electron chi connectivity index (χ0n) is 30.2. The topological polar surface area (TPSA) is 56.7 Å². The lowest BCUT2D eigenvalue weighted by molar-refractivity contribution is 0.669. The maximum absolute atomic E-state index is 6.53. The van der Waals surface area contributed by atoms with Crippen LogP contribution in [0, 0.1) is 0 Å². The quantitative estimate of drug-likeness (QED) is 0.172. The molecule has 0 bridgehead atoms. The molecule has 0 aliphatic carbocycles. The van der Waals surface area contributed by atoms with Crippen molar-refractivity contribution in [3.8, 4) is 62.1 Å². The fourth-order valence-electron chi connectivity index (χ4n) is 8.00. The molecule has 3 heterocycles. The van der Waals surface area contributed by atoms with Gasteiger partial charge in [0.1, 0.15) is 11.2 Å². The van der Waals surface area contributed by atoms with E-state index in [0.29, 0.717) is 17.5 Å². The van der Waals surface area contributed by atoms with E-state index in [0.717, 1.165) is 55.4 Å². The van der Waals surface area contributed by atoms with E-state index in [1.54, 1.807) is 0 Å². The molecule has 262 valence electrons. The van der Waals surface area contributed by atoms with Crippen LogP contribution in [0.2, 0.25) is 0 Å². The van der Waals surface area contributed by atoms with E-state index in [1.807, 2.05) is 72.8 Å². The average Bonchev–Trinajstić information content (AvgIpc) is 3.81. The summed E-state index contributed by atoms with van der Waals surface area (Å²) < 4.78 is 8.89. The summed E-state index contributed by atoms with van der Waals surface area (Å²) in [5.41, 5.74) is 12.5. The Balaban J connectivity index is 1.00. The molecule has 0 unspecified atom stereocenters. The number of para-hydroxylation sites is 2. The number of aromatic nitrogens is 4. The SMILES string of the molecule is c1ccc(-c2nc(-c3ccccc3)nc(-c3ccc4oc5cc(-c6ccccc6-c6ccc7c(c6)c6ccccc6n7-c6ccccc6)ccc5c4c3)n2)cc1. The van der Waals surface area contributed by atoms with Crippen LogP contribution in [-0.2, 0) is 0 Å². The molecule has 0 spiro atoms. The first-order valence-electron chi connectivity index (χ1n) is 18.8. The lowest BCUT2D eigenvalue weighted by Crippen LogP contribution is -2.00. The normalized spacial score (nSPS) is 11.6. The van der Waals surface area contributed by atoms with E-state index >= 15 is 0 Å². The molecule has 56 heavy (non-hydrogen) atoms. The van der Waals surface area contributed by atoms with Gasteiger partial charge in [-0.15, -0.1) is 0 Å². The van der Waals surface area contributed by atoms with Gasteiger partial charge in [0.15, 0.2) is 17.5 Å². The molecule has 0 aliphatic rings. The van der Waals surface area contributed by atoms with Gasteiger partial charge in [0, 0.05) is 43.9 Å². The third-order valence-corrected chi connectivity index (χ3v) is 10.7. The van der Waals surface area contributed by atoms with Gasteiger partial charge < -0.3 is 8.98 Å². The molecular formula is C51H32N4O. The van der Waals surface area contributed by atoms with Crippen LogP contribution in [-0.4, -0.2) is 19.5 Å². The minimum absolute atomic E-state index is 0.614. The average molecular weight is 717 g/mol. The molecule has 0 amide bonds. The Labute approximate surface area is 322 Å². The summed E-state index contributed by atoms with van der Waals surface area (Å²) in [4.78, 5) is 14.8. The maximum Gasteiger partial charge on any atom is 0.164 e. The van der Waals surface area contributed by atoms with Gasteiger partial charge in [-0.25, -0.2) is 15.0 Å². The van der Waals surface area contributed by atoms with Crippen LogP contribution in [0.1, 0.15) is 0 Å². The summed E-state index contributed by atoms with van der Waals surface area (Å²) in [6.07, 6.45) is 0. The third-order valence-electron chi connectivity index (χ3n) is 10.7. The predicted molar refractivity (Wildman–Crippen MR) is 229 cm³/mol. The van der Waals surface area contributed by atoms with Gasteiger partial charge in [-0.05, 0) is 82.9 Å². The first-order valence-corrected chi connectivity index (χ1v) is 18.8. The molecule has 0 saturated carbocycles. The van der Waals surface area contributed by atoms with Crippen molar-refractivity contribution in [2.45, 2.75) is 0 Å². The Hall–Kier alpha value is -7.63. The van der Waals surface area contributed by atoms with Gasteiger partial charge in [-0.1, -0.05) is 133 Å². The molecule has 11 aromatic rings. The Bertz CT molecular complexity index is 3180. The highest BCUT2D eigenvalue weighted by Crippen LogP contribution is 2.40. The van der Waals surface area contributed by atoms with Crippen molar-refractivity contribution < 1.29 is 4.42 Å². The Morgan fingerprint density at radius 2 is 0.839 bits per heavy atom. The molecule has 5 nitrogen and oxygen atoms in total. The van der Waals surface area contributed by atoms with Crippen LogP contribution in [0.5, 0.6) is 0 Å². The summed E-state index contributed by atoms with van der Waals surface area (Å²) in [7, 11) is 0. The first-order chi connectivity index (χ1) is 27.7. The highest BCUT2D eigenvalue weighted by Gasteiger charge is 2.17. The predicted octanol–water partition coefficient (Wildman–Crippen LogP) is 13.2. The molecule has 0 saturated heterocycles. The van der Waals surface area contributed by atoms with Crippen molar-refractivity contribution in [2.75, 3.05) is 0 Å². The minimum atomic E-state index is 0.614.